The lowest BCUT2D eigenvalue weighted by Crippen LogP contribution is -2.49. The van der Waals surface area contributed by atoms with Crippen LogP contribution in [-0.2, 0) is 10.0 Å². The van der Waals surface area contributed by atoms with Gasteiger partial charge < -0.3 is 5.11 Å². The second kappa shape index (κ2) is 5.68. The van der Waals surface area contributed by atoms with E-state index in [0.717, 1.165) is 18.7 Å². The van der Waals surface area contributed by atoms with Gasteiger partial charge in [0, 0.05) is 32.2 Å². The predicted molar refractivity (Wildman–Crippen MR) is 80.4 cm³/mol. The van der Waals surface area contributed by atoms with Crippen molar-refractivity contribution in [1.82, 2.24) is 9.21 Å². The summed E-state index contributed by atoms with van der Waals surface area (Å²) in [5.74, 6) is 0. The fourth-order valence-electron chi connectivity index (χ4n) is 2.82. The van der Waals surface area contributed by atoms with E-state index in [1.165, 1.54) is 12.8 Å². The number of rotatable bonds is 4. The Kier molecular flexibility index (Phi) is 4.05. The van der Waals surface area contributed by atoms with Gasteiger partial charge in [0.2, 0.25) is 10.0 Å². The van der Waals surface area contributed by atoms with E-state index in [4.69, 9.17) is 0 Å². The van der Waals surface area contributed by atoms with Gasteiger partial charge in [-0.25, -0.2) is 8.42 Å². The lowest BCUT2D eigenvalue weighted by atomic mass is 10.1. The predicted octanol–water partition coefficient (Wildman–Crippen LogP) is 1.21. The van der Waals surface area contributed by atoms with Crippen LogP contribution in [0.5, 0.6) is 0 Å². The van der Waals surface area contributed by atoms with Gasteiger partial charge in [-0.1, -0.05) is 12.1 Å². The van der Waals surface area contributed by atoms with Crippen molar-refractivity contribution in [1.29, 1.82) is 0 Å². The zero-order chi connectivity index (χ0) is 15.0. The Morgan fingerprint density at radius 2 is 1.67 bits per heavy atom. The molecule has 1 aromatic carbocycles. The molecule has 21 heavy (non-hydrogen) atoms. The van der Waals surface area contributed by atoms with Gasteiger partial charge in [0.25, 0.3) is 0 Å². The van der Waals surface area contributed by atoms with Crippen molar-refractivity contribution in [3.05, 3.63) is 29.8 Å². The highest BCUT2D eigenvalue weighted by molar-refractivity contribution is 7.89. The summed E-state index contributed by atoms with van der Waals surface area (Å²) in [5, 5.41) is 9.49. The molecule has 1 aliphatic carbocycles. The number of piperazine rings is 1. The average Bonchev–Trinajstić information content (AvgIpc) is 3.32. The molecule has 1 saturated heterocycles. The van der Waals surface area contributed by atoms with Crippen molar-refractivity contribution in [2.75, 3.05) is 26.2 Å². The molecule has 1 N–H and O–H groups in total. The van der Waals surface area contributed by atoms with Crippen molar-refractivity contribution >= 4 is 10.0 Å². The van der Waals surface area contributed by atoms with Gasteiger partial charge in [0.15, 0.2) is 0 Å². The zero-order valence-electron chi connectivity index (χ0n) is 12.3. The summed E-state index contributed by atoms with van der Waals surface area (Å²) in [4.78, 5) is 2.70. The van der Waals surface area contributed by atoms with Crippen LogP contribution in [0.4, 0.5) is 0 Å². The van der Waals surface area contributed by atoms with Crippen LogP contribution in [-0.4, -0.2) is 55.0 Å². The summed E-state index contributed by atoms with van der Waals surface area (Å²) in [5.41, 5.74) is 0.729. The molecule has 0 spiro atoms. The SMILES string of the molecule is CC(O)c1ccc(S(=O)(=O)N2CCN(C3CC3)CC2)cc1. The maximum Gasteiger partial charge on any atom is 0.243 e. The molecule has 5 nitrogen and oxygen atoms in total. The van der Waals surface area contributed by atoms with Crippen LogP contribution in [0.25, 0.3) is 0 Å². The highest BCUT2D eigenvalue weighted by Crippen LogP contribution is 2.28. The number of aliphatic hydroxyl groups is 1. The third-order valence-corrected chi connectivity index (χ3v) is 6.25. The number of nitrogens with zero attached hydrogens (tertiary/aromatic N) is 2. The summed E-state index contributed by atoms with van der Waals surface area (Å²) in [6.07, 6.45) is 1.94. The summed E-state index contributed by atoms with van der Waals surface area (Å²) < 4.78 is 26.8. The molecular weight excluding hydrogens is 288 g/mol. The highest BCUT2D eigenvalue weighted by Gasteiger charge is 2.34. The van der Waals surface area contributed by atoms with E-state index >= 15 is 0 Å². The first kappa shape index (κ1) is 15.0. The number of sulfonamides is 1. The fourth-order valence-corrected chi connectivity index (χ4v) is 4.24. The molecule has 1 atom stereocenters. The Balaban J connectivity index is 1.71. The van der Waals surface area contributed by atoms with E-state index in [0.29, 0.717) is 24.0 Å². The topological polar surface area (TPSA) is 60.9 Å². The molecule has 0 amide bonds. The van der Waals surface area contributed by atoms with Gasteiger partial charge in [-0.15, -0.1) is 0 Å². The average molecular weight is 310 g/mol. The van der Waals surface area contributed by atoms with E-state index in [1.54, 1.807) is 35.5 Å². The summed E-state index contributed by atoms with van der Waals surface area (Å²) in [6.45, 7) is 4.46. The molecule has 1 aliphatic heterocycles. The van der Waals surface area contributed by atoms with Gasteiger partial charge in [-0.2, -0.15) is 4.31 Å². The Morgan fingerprint density at radius 1 is 1.10 bits per heavy atom. The van der Waals surface area contributed by atoms with Gasteiger partial charge in [-0.3, -0.25) is 4.90 Å². The molecule has 1 saturated carbocycles. The maximum atomic E-state index is 12.6. The Morgan fingerprint density at radius 3 is 2.14 bits per heavy atom. The number of aliphatic hydroxyl groups excluding tert-OH is 1. The first-order chi connectivity index (χ1) is 9.98. The van der Waals surface area contributed by atoms with E-state index in [-0.39, 0.29) is 0 Å². The van der Waals surface area contributed by atoms with Gasteiger partial charge in [-0.05, 0) is 37.5 Å². The number of benzene rings is 1. The van der Waals surface area contributed by atoms with Crippen molar-refractivity contribution in [3.8, 4) is 0 Å². The maximum absolute atomic E-state index is 12.6. The molecular formula is C15H22N2O3S. The Labute approximate surface area is 126 Å². The summed E-state index contributed by atoms with van der Waals surface area (Å²) in [6, 6.07) is 7.23. The van der Waals surface area contributed by atoms with E-state index in [2.05, 4.69) is 4.90 Å². The largest absolute Gasteiger partial charge is 0.389 e. The molecule has 1 unspecified atom stereocenters. The Hall–Kier alpha value is -0.950. The van der Waals surface area contributed by atoms with Crippen molar-refractivity contribution in [3.63, 3.8) is 0 Å². The first-order valence-corrected chi connectivity index (χ1v) is 8.95. The lowest BCUT2D eigenvalue weighted by Gasteiger charge is -2.34. The minimum atomic E-state index is -3.41. The van der Waals surface area contributed by atoms with Crippen LogP contribution in [0.2, 0.25) is 0 Å². The third-order valence-electron chi connectivity index (χ3n) is 4.34. The first-order valence-electron chi connectivity index (χ1n) is 7.51. The number of hydrogen-bond donors (Lipinski definition) is 1. The molecule has 116 valence electrons. The fraction of sp³-hybridized carbons (Fsp3) is 0.600. The molecule has 0 bridgehead atoms. The quantitative estimate of drug-likeness (QED) is 0.908. The summed E-state index contributed by atoms with van der Waals surface area (Å²) in [7, 11) is -3.41. The van der Waals surface area contributed by atoms with Crippen molar-refractivity contribution in [2.45, 2.75) is 36.8 Å². The molecule has 0 radical (unpaired) electrons. The van der Waals surface area contributed by atoms with Crippen LogP contribution in [0.15, 0.2) is 29.2 Å². The third kappa shape index (κ3) is 3.13. The smallest absolute Gasteiger partial charge is 0.243 e. The molecule has 1 aromatic rings. The van der Waals surface area contributed by atoms with Crippen LogP contribution in [0.3, 0.4) is 0 Å². The van der Waals surface area contributed by atoms with Crippen LogP contribution < -0.4 is 0 Å². The monoisotopic (exact) mass is 310 g/mol. The minimum Gasteiger partial charge on any atom is -0.389 e. The van der Waals surface area contributed by atoms with Crippen LogP contribution in [0, 0.1) is 0 Å². The van der Waals surface area contributed by atoms with Crippen LogP contribution >= 0.6 is 0 Å². The van der Waals surface area contributed by atoms with Gasteiger partial charge in [0.1, 0.15) is 0 Å². The van der Waals surface area contributed by atoms with Crippen molar-refractivity contribution in [2.24, 2.45) is 0 Å². The molecule has 1 heterocycles. The second-order valence-corrected chi connectivity index (χ2v) is 7.85. The molecule has 0 aromatic heterocycles. The number of hydrogen-bond acceptors (Lipinski definition) is 4. The lowest BCUT2D eigenvalue weighted by molar-refractivity contribution is 0.180. The van der Waals surface area contributed by atoms with E-state index in [9.17, 15) is 13.5 Å². The second-order valence-electron chi connectivity index (χ2n) is 5.92. The zero-order valence-corrected chi connectivity index (χ0v) is 13.1. The van der Waals surface area contributed by atoms with Crippen LogP contribution in [0.1, 0.15) is 31.4 Å². The van der Waals surface area contributed by atoms with E-state index < -0.39 is 16.1 Å². The Bertz CT molecular complexity index is 586. The summed E-state index contributed by atoms with van der Waals surface area (Å²) >= 11 is 0. The molecule has 3 rings (SSSR count). The van der Waals surface area contributed by atoms with Crippen molar-refractivity contribution < 1.29 is 13.5 Å². The molecule has 2 fully saturated rings. The minimum absolute atomic E-state index is 0.312. The molecule has 6 heteroatoms. The van der Waals surface area contributed by atoms with Gasteiger partial charge in [0.05, 0.1) is 11.0 Å². The molecule has 2 aliphatic rings. The normalized spacial score (nSPS) is 23.1. The van der Waals surface area contributed by atoms with Gasteiger partial charge >= 0.3 is 0 Å². The highest BCUT2D eigenvalue weighted by atomic mass is 32.2. The standard InChI is InChI=1S/C15H22N2O3S/c1-12(18)13-2-6-15(7-3-13)21(19,20)17-10-8-16(9-11-17)14-4-5-14/h2-3,6-7,12,14,18H,4-5,8-11H2,1H3. The van der Waals surface area contributed by atoms with E-state index in [1.807, 2.05) is 0 Å².